The fraction of sp³-hybridized carbons (Fsp3) is 0.562. The minimum atomic E-state index is 0.173. The normalized spacial score (nSPS) is 22.0. The van der Waals surface area contributed by atoms with Crippen LogP contribution in [0, 0.1) is 5.92 Å². The van der Waals surface area contributed by atoms with Gasteiger partial charge in [-0.2, -0.15) is 0 Å². The second kappa shape index (κ2) is 8.66. The van der Waals surface area contributed by atoms with Gasteiger partial charge in [0, 0.05) is 28.9 Å². The first-order valence-electron chi connectivity index (χ1n) is 7.53. The van der Waals surface area contributed by atoms with Crippen LogP contribution in [0.25, 0.3) is 0 Å². The van der Waals surface area contributed by atoms with Crippen LogP contribution in [0.3, 0.4) is 0 Å². The van der Waals surface area contributed by atoms with Gasteiger partial charge >= 0.3 is 0 Å². The fourth-order valence-corrected chi connectivity index (χ4v) is 3.39. The lowest BCUT2D eigenvalue weighted by atomic mass is 9.95. The van der Waals surface area contributed by atoms with Crippen LogP contribution < -0.4 is 10.6 Å². The number of hydrogen-bond donors (Lipinski definition) is 2. The minimum Gasteiger partial charge on any atom is -0.352 e. The van der Waals surface area contributed by atoms with Gasteiger partial charge in [0.1, 0.15) is 0 Å². The molecule has 1 aliphatic rings. The van der Waals surface area contributed by atoms with Crippen LogP contribution in [0.1, 0.15) is 26.2 Å². The van der Waals surface area contributed by atoms with Crippen molar-refractivity contribution in [2.75, 3.05) is 18.8 Å². The van der Waals surface area contributed by atoms with Crippen molar-refractivity contribution in [2.45, 2.75) is 37.1 Å². The Bertz CT molecular complexity index is 452. The molecule has 1 aromatic carbocycles. The Labute approximate surface area is 136 Å². The van der Waals surface area contributed by atoms with Crippen molar-refractivity contribution in [1.82, 2.24) is 10.6 Å². The molecular formula is C16H23ClN2OS. The summed E-state index contributed by atoms with van der Waals surface area (Å²) in [6.45, 7) is 4.17. The zero-order chi connectivity index (χ0) is 15.1. The third-order valence-electron chi connectivity index (χ3n) is 3.80. The van der Waals surface area contributed by atoms with Crippen molar-refractivity contribution in [3.8, 4) is 0 Å². The Morgan fingerprint density at radius 3 is 2.90 bits per heavy atom. The number of rotatable bonds is 6. The molecule has 0 aromatic heterocycles. The summed E-state index contributed by atoms with van der Waals surface area (Å²) in [4.78, 5) is 13.1. The molecule has 1 amide bonds. The van der Waals surface area contributed by atoms with Gasteiger partial charge in [-0.15, -0.1) is 11.8 Å². The number of amides is 1. The van der Waals surface area contributed by atoms with Gasteiger partial charge in [0.2, 0.25) is 5.91 Å². The first-order chi connectivity index (χ1) is 10.1. The van der Waals surface area contributed by atoms with Crippen LogP contribution in [0.2, 0.25) is 5.02 Å². The van der Waals surface area contributed by atoms with E-state index in [9.17, 15) is 4.79 Å². The quantitative estimate of drug-likeness (QED) is 0.622. The SMILES string of the molecule is CC1CCNCC1NC(=O)CCCSc1ccc(Cl)cc1. The largest absolute Gasteiger partial charge is 0.352 e. The topological polar surface area (TPSA) is 41.1 Å². The number of carbonyl (C=O) groups excluding carboxylic acids is 1. The van der Waals surface area contributed by atoms with Gasteiger partial charge < -0.3 is 10.6 Å². The zero-order valence-electron chi connectivity index (χ0n) is 12.4. The van der Waals surface area contributed by atoms with Crippen molar-refractivity contribution >= 4 is 29.3 Å². The Hall–Kier alpha value is -0.710. The van der Waals surface area contributed by atoms with E-state index in [1.54, 1.807) is 11.8 Å². The van der Waals surface area contributed by atoms with Crippen LogP contribution in [0.4, 0.5) is 0 Å². The van der Waals surface area contributed by atoms with Crippen LogP contribution in [0.15, 0.2) is 29.2 Å². The highest BCUT2D eigenvalue weighted by atomic mass is 35.5. The number of thioether (sulfide) groups is 1. The molecule has 0 saturated carbocycles. The lowest BCUT2D eigenvalue weighted by Gasteiger charge is -2.30. The number of halogens is 1. The maximum Gasteiger partial charge on any atom is 0.220 e. The van der Waals surface area contributed by atoms with E-state index in [-0.39, 0.29) is 11.9 Å². The van der Waals surface area contributed by atoms with E-state index in [1.165, 1.54) is 4.90 Å². The molecule has 2 rings (SSSR count). The molecule has 2 atom stereocenters. The van der Waals surface area contributed by atoms with Crippen LogP contribution >= 0.6 is 23.4 Å². The second-order valence-electron chi connectivity index (χ2n) is 5.55. The van der Waals surface area contributed by atoms with Crippen molar-refractivity contribution in [3.63, 3.8) is 0 Å². The number of nitrogens with one attached hydrogen (secondary N) is 2. The lowest BCUT2D eigenvalue weighted by molar-refractivity contribution is -0.122. The van der Waals surface area contributed by atoms with E-state index in [4.69, 9.17) is 11.6 Å². The predicted molar refractivity (Wildman–Crippen MR) is 90.0 cm³/mol. The highest BCUT2D eigenvalue weighted by Gasteiger charge is 2.22. The lowest BCUT2D eigenvalue weighted by Crippen LogP contribution is -2.50. The molecule has 1 saturated heterocycles. The monoisotopic (exact) mass is 326 g/mol. The summed E-state index contributed by atoms with van der Waals surface area (Å²) in [5.74, 6) is 1.69. The molecule has 2 N–H and O–H groups in total. The van der Waals surface area contributed by atoms with Crippen LogP contribution in [-0.4, -0.2) is 30.8 Å². The molecule has 0 radical (unpaired) electrons. The predicted octanol–water partition coefficient (Wildman–Crippen LogP) is 3.33. The van der Waals surface area contributed by atoms with E-state index in [1.807, 2.05) is 24.3 Å². The molecule has 116 valence electrons. The van der Waals surface area contributed by atoms with E-state index < -0.39 is 0 Å². The molecule has 1 aromatic rings. The van der Waals surface area contributed by atoms with E-state index >= 15 is 0 Å². The molecule has 1 aliphatic heterocycles. The molecular weight excluding hydrogens is 304 g/mol. The Kier molecular flexibility index (Phi) is 6.87. The van der Waals surface area contributed by atoms with Gasteiger partial charge in [-0.3, -0.25) is 4.79 Å². The number of piperidine rings is 1. The third-order valence-corrected chi connectivity index (χ3v) is 5.15. The molecule has 1 fully saturated rings. The molecule has 0 aliphatic carbocycles. The number of carbonyl (C=O) groups is 1. The van der Waals surface area contributed by atoms with Gasteiger partial charge in [0.05, 0.1) is 0 Å². The average molecular weight is 327 g/mol. The molecule has 5 heteroatoms. The summed E-state index contributed by atoms with van der Waals surface area (Å²) in [7, 11) is 0. The first-order valence-corrected chi connectivity index (χ1v) is 8.90. The van der Waals surface area contributed by atoms with E-state index in [0.29, 0.717) is 12.3 Å². The maximum absolute atomic E-state index is 11.9. The minimum absolute atomic E-state index is 0.173. The second-order valence-corrected chi connectivity index (χ2v) is 7.15. The highest BCUT2D eigenvalue weighted by molar-refractivity contribution is 7.99. The van der Waals surface area contributed by atoms with Gasteiger partial charge in [0.15, 0.2) is 0 Å². The van der Waals surface area contributed by atoms with Crippen molar-refractivity contribution in [1.29, 1.82) is 0 Å². The van der Waals surface area contributed by atoms with Crippen molar-refractivity contribution < 1.29 is 4.79 Å². The summed E-state index contributed by atoms with van der Waals surface area (Å²) in [6.07, 6.45) is 2.63. The Morgan fingerprint density at radius 1 is 1.43 bits per heavy atom. The van der Waals surface area contributed by atoms with Crippen molar-refractivity contribution in [2.24, 2.45) is 5.92 Å². The Morgan fingerprint density at radius 2 is 2.19 bits per heavy atom. The molecule has 2 unspecified atom stereocenters. The standard InChI is InChI=1S/C16H23ClN2OS/c1-12-8-9-18-11-15(12)19-16(20)3-2-10-21-14-6-4-13(17)5-7-14/h4-7,12,15,18H,2-3,8-11H2,1H3,(H,19,20). The molecule has 0 bridgehead atoms. The average Bonchev–Trinajstić information content (AvgIpc) is 2.48. The molecule has 3 nitrogen and oxygen atoms in total. The zero-order valence-corrected chi connectivity index (χ0v) is 14.0. The summed E-state index contributed by atoms with van der Waals surface area (Å²) < 4.78 is 0. The molecule has 0 spiro atoms. The van der Waals surface area contributed by atoms with E-state index in [2.05, 4.69) is 17.6 Å². The van der Waals surface area contributed by atoms with Gasteiger partial charge in [-0.05, 0) is 55.3 Å². The summed E-state index contributed by atoms with van der Waals surface area (Å²) in [5, 5.41) is 7.24. The molecule has 21 heavy (non-hydrogen) atoms. The maximum atomic E-state index is 11.9. The van der Waals surface area contributed by atoms with Gasteiger partial charge in [-0.25, -0.2) is 0 Å². The van der Waals surface area contributed by atoms with E-state index in [0.717, 1.165) is 36.7 Å². The van der Waals surface area contributed by atoms with Crippen LogP contribution in [-0.2, 0) is 4.79 Å². The third kappa shape index (κ3) is 5.89. The smallest absolute Gasteiger partial charge is 0.220 e. The van der Waals surface area contributed by atoms with Gasteiger partial charge in [0.25, 0.3) is 0 Å². The highest BCUT2D eigenvalue weighted by Crippen LogP contribution is 2.21. The number of benzene rings is 1. The summed E-state index contributed by atoms with van der Waals surface area (Å²) >= 11 is 7.62. The van der Waals surface area contributed by atoms with Crippen LogP contribution in [0.5, 0.6) is 0 Å². The first kappa shape index (κ1) is 16.7. The Balaban J connectivity index is 1.61. The number of hydrogen-bond acceptors (Lipinski definition) is 3. The van der Waals surface area contributed by atoms with Crippen molar-refractivity contribution in [3.05, 3.63) is 29.3 Å². The summed E-state index contributed by atoms with van der Waals surface area (Å²) in [6, 6.07) is 8.11. The summed E-state index contributed by atoms with van der Waals surface area (Å²) in [5.41, 5.74) is 0. The molecule has 1 heterocycles. The fourth-order valence-electron chi connectivity index (χ4n) is 2.42. The van der Waals surface area contributed by atoms with Gasteiger partial charge in [-0.1, -0.05) is 18.5 Å².